The van der Waals surface area contributed by atoms with Crippen LogP contribution in [0.3, 0.4) is 0 Å². The highest BCUT2D eigenvalue weighted by Gasteiger charge is 2.16. The molecule has 0 aliphatic carbocycles. The monoisotopic (exact) mass is 394 g/mol. The van der Waals surface area contributed by atoms with Gasteiger partial charge in [0.2, 0.25) is 6.41 Å². The molecule has 148 valence electrons. The number of rotatable bonds is 6. The second-order valence-corrected chi connectivity index (χ2v) is 6.50. The zero-order chi connectivity index (χ0) is 21.0. The molecular weight excluding hydrogens is 375 g/mol. The van der Waals surface area contributed by atoms with E-state index in [1.165, 1.54) is 27.8 Å². The van der Waals surface area contributed by atoms with Crippen molar-refractivity contribution in [2.75, 3.05) is 13.6 Å². The van der Waals surface area contributed by atoms with Crippen molar-refractivity contribution in [3.8, 4) is 17.5 Å². The number of nitrogens with two attached hydrogens (primary N) is 1. The van der Waals surface area contributed by atoms with E-state index in [1.54, 1.807) is 31.3 Å². The van der Waals surface area contributed by atoms with Gasteiger partial charge in [0.25, 0.3) is 5.91 Å². The lowest BCUT2D eigenvalue weighted by Crippen LogP contribution is -2.21. The second kappa shape index (κ2) is 8.54. The SMILES string of the molecule is CN(C=O)CC[C@@H](O)C#Cc1cccc(-n2nc(C(N)=O)c3cc(F)ccc32)c1. The molecule has 0 fully saturated rings. The van der Waals surface area contributed by atoms with E-state index in [0.717, 1.165) is 0 Å². The largest absolute Gasteiger partial charge is 0.380 e. The van der Waals surface area contributed by atoms with E-state index >= 15 is 0 Å². The summed E-state index contributed by atoms with van der Waals surface area (Å²) < 4.78 is 15.1. The summed E-state index contributed by atoms with van der Waals surface area (Å²) in [6.07, 6.45) is 0.139. The summed E-state index contributed by atoms with van der Waals surface area (Å²) in [5, 5.41) is 14.5. The van der Waals surface area contributed by atoms with Gasteiger partial charge in [-0.05, 0) is 36.4 Å². The lowest BCUT2D eigenvalue weighted by Gasteiger charge is -2.10. The number of amides is 2. The Morgan fingerprint density at radius 1 is 1.38 bits per heavy atom. The Hall–Kier alpha value is -3.70. The van der Waals surface area contributed by atoms with Gasteiger partial charge in [0.05, 0.1) is 11.2 Å². The van der Waals surface area contributed by atoms with E-state index in [1.807, 2.05) is 0 Å². The summed E-state index contributed by atoms with van der Waals surface area (Å²) >= 11 is 0. The van der Waals surface area contributed by atoms with E-state index in [2.05, 4.69) is 16.9 Å². The van der Waals surface area contributed by atoms with Crippen LogP contribution in [-0.2, 0) is 4.79 Å². The predicted octanol–water partition coefficient (Wildman–Crippen LogP) is 1.45. The summed E-state index contributed by atoms with van der Waals surface area (Å²) in [4.78, 5) is 23.7. The highest BCUT2D eigenvalue weighted by Crippen LogP contribution is 2.23. The molecule has 7 nitrogen and oxygen atoms in total. The van der Waals surface area contributed by atoms with Gasteiger partial charge in [-0.2, -0.15) is 5.10 Å². The minimum absolute atomic E-state index is 0.0225. The number of aromatic nitrogens is 2. The fourth-order valence-electron chi connectivity index (χ4n) is 2.80. The maximum atomic E-state index is 13.6. The Kier molecular flexibility index (Phi) is 5.90. The van der Waals surface area contributed by atoms with Crippen LogP contribution in [0.15, 0.2) is 42.5 Å². The van der Waals surface area contributed by atoms with Crippen molar-refractivity contribution in [3.63, 3.8) is 0 Å². The molecular formula is C21H19FN4O3. The zero-order valence-corrected chi connectivity index (χ0v) is 15.7. The molecule has 0 saturated carbocycles. The number of benzene rings is 2. The Labute approximate surface area is 166 Å². The molecule has 8 heteroatoms. The van der Waals surface area contributed by atoms with Crippen LogP contribution in [0, 0.1) is 17.7 Å². The van der Waals surface area contributed by atoms with Crippen LogP contribution in [0.4, 0.5) is 4.39 Å². The number of hydrogen-bond donors (Lipinski definition) is 2. The van der Waals surface area contributed by atoms with Gasteiger partial charge in [0.15, 0.2) is 5.69 Å². The first-order chi connectivity index (χ1) is 13.9. The van der Waals surface area contributed by atoms with Crippen molar-refractivity contribution < 1.29 is 19.1 Å². The number of aliphatic hydroxyl groups excluding tert-OH is 1. The third kappa shape index (κ3) is 4.59. The van der Waals surface area contributed by atoms with Crippen molar-refractivity contribution in [1.29, 1.82) is 0 Å². The molecule has 0 bridgehead atoms. The van der Waals surface area contributed by atoms with E-state index in [4.69, 9.17) is 5.73 Å². The lowest BCUT2D eigenvalue weighted by molar-refractivity contribution is -0.117. The molecule has 0 aliphatic heterocycles. The van der Waals surface area contributed by atoms with Crippen molar-refractivity contribution >= 4 is 23.2 Å². The molecule has 0 radical (unpaired) electrons. The molecule has 2 amide bonds. The lowest BCUT2D eigenvalue weighted by atomic mass is 10.1. The molecule has 0 spiro atoms. The van der Waals surface area contributed by atoms with Crippen LogP contribution < -0.4 is 5.73 Å². The molecule has 2 aromatic carbocycles. The molecule has 0 saturated heterocycles. The molecule has 0 unspecified atom stereocenters. The highest BCUT2D eigenvalue weighted by atomic mass is 19.1. The minimum Gasteiger partial charge on any atom is -0.380 e. The first-order valence-electron chi connectivity index (χ1n) is 8.82. The quantitative estimate of drug-likeness (QED) is 0.488. The number of primary amides is 1. The van der Waals surface area contributed by atoms with Crippen molar-refractivity contribution in [2.24, 2.45) is 5.73 Å². The van der Waals surface area contributed by atoms with Crippen molar-refractivity contribution in [2.45, 2.75) is 12.5 Å². The second-order valence-electron chi connectivity index (χ2n) is 6.50. The third-order valence-corrected chi connectivity index (χ3v) is 4.28. The van der Waals surface area contributed by atoms with Gasteiger partial charge in [0, 0.05) is 31.0 Å². The minimum atomic E-state index is -0.879. The third-order valence-electron chi connectivity index (χ3n) is 4.28. The maximum Gasteiger partial charge on any atom is 0.269 e. The number of hydrogen-bond acceptors (Lipinski definition) is 4. The molecule has 3 rings (SSSR count). The summed E-state index contributed by atoms with van der Waals surface area (Å²) in [6, 6.07) is 11.0. The fraction of sp³-hybridized carbons (Fsp3) is 0.190. The van der Waals surface area contributed by atoms with Gasteiger partial charge < -0.3 is 15.7 Å². The standard InChI is InChI=1S/C21H19FN4O3/c1-25(13-27)10-9-17(28)7-5-14-3-2-4-16(11-14)26-19-8-6-15(22)12-18(19)20(24-26)21(23)29/h2-4,6,8,11-13,17,28H,9-10H2,1H3,(H2,23,29)/t17-/m0/s1. The summed E-state index contributed by atoms with van der Waals surface area (Å²) in [7, 11) is 1.62. The number of carbonyl (C=O) groups is 2. The Morgan fingerprint density at radius 3 is 2.90 bits per heavy atom. The smallest absolute Gasteiger partial charge is 0.269 e. The van der Waals surface area contributed by atoms with Crippen LogP contribution in [0.25, 0.3) is 16.6 Å². The fourth-order valence-corrected chi connectivity index (χ4v) is 2.80. The number of nitrogens with zero attached hydrogens (tertiary/aromatic N) is 3. The van der Waals surface area contributed by atoms with E-state index in [0.29, 0.717) is 41.5 Å². The van der Waals surface area contributed by atoms with Crippen LogP contribution >= 0.6 is 0 Å². The molecule has 1 aromatic heterocycles. The van der Waals surface area contributed by atoms with E-state index in [9.17, 15) is 19.1 Å². The maximum absolute atomic E-state index is 13.6. The van der Waals surface area contributed by atoms with Gasteiger partial charge in [-0.15, -0.1) is 0 Å². The molecule has 3 N–H and O–H groups in total. The zero-order valence-electron chi connectivity index (χ0n) is 15.7. The van der Waals surface area contributed by atoms with Gasteiger partial charge in [0.1, 0.15) is 11.9 Å². The molecule has 3 aromatic rings. The Balaban J connectivity index is 1.92. The predicted molar refractivity (Wildman–Crippen MR) is 106 cm³/mol. The first kappa shape index (κ1) is 20.0. The summed E-state index contributed by atoms with van der Waals surface area (Å²) in [5.74, 6) is 4.37. The normalized spacial score (nSPS) is 11.6. The average Bonchev–Trinajstić information content (AvgIpc) is 3.09. The van der Waals surface area contributed by atoms with Crippen LogP contribution in [0.5, 0.6) is 0 Å². The van der Waals surface area contributed by atoms with Crippen LogP contribution in [0.1, 0.15) is 22.5 Å². The Bertz CT molecular complexity index is 1130. The van der Waals surface area contributed by atoms with E-state index in [-0.39, 0.29) is 5.69 Å². The van der Waals surface area contributed by atoms with E-state index < -0.39 is 17.8 Å². The first-order valence-corrected chi connectivity index (χ1v) is 8.82. The van der Waals surface area contributed by atoms with Gasteiger partial charge in [-0.3, -0.25) is 9.59 Å². The summed E-state index contributed by atoms with van der Waals surface area (Å²) in [5.41, 5.74) is 7.12. The molecule has 0 aliphatic rings. The van der Waals surface area contributed by atoms with Crippen LogP contribution in [-0.4, -0.2) is 51.8 Å². The highest BCUT2D eigenvalue weighted by molar-refractivity contribution is 6.04. The number of halogens is 1. The van der Waals surface area contributed by atoms with Crippen molar-refractivity contribution in [3.05, 3.63) is 59.5 Å². The van der Waals surface area contributed by atoms with Gasteiger partial charge in [-0.25, -0.2) is 9.07 Å². The van der Waals surface area contributed by atoms with Crippen molar-refractivity contribution in [1.82, 2.24) is 14.7 Å². The molecule has 1 heterocycles. The van der Waals surface area contributed by atoms with Gasteiger partial charge >= 0.3 is 0 Å². The number of aliphatic hydroxyl groups is 1. The Morgan fingerprint density at radius 2 is 2.17 bits per heavy atom. The number of fused-ring (bicyclic) bond motifs is 1. The average molecular weight is 394 g/mol. The number of carbonyl (C=O) groups excluding carboxylic acids is 2. The summed E-state index contributed by atoms with van der Waals surface area (Å²) in [6.45, 7) is 0.394. The molecule has 29 heavy (non-hydrogen) atoms. The topological polar surface area (TPSA) is 101 Å². The molecule has 1 atom stereocenters. The van der Waals surface area contributed by atoms with Crippen LogP contribution in [0.2, 0.25) is 0 Å². The van der Waals surface area contributed by atoms with Gasteiger partial charge in [-0.1, -0.05) is 17.9 Å².